The maximum absolute atomic E-state index is 10.7. The number of benzene rings is 1. The fourth-order valence-corrected chi connectivity index (χ4v) is 1.92. The lowest BCUT2D eigenvalue weighted by Crippen LogP contribution is -2.32. The molecule has 0 fully saturated rings. The molecule has 0 saturated carbocycles. The van der Waals surface area contributed by atoms with Crippen LogP contribution in [0.15, 0.2) is 30.5 Å². The van der Waals surface area contributed by atoms with Crippen molar-refractivity contribution in [2.24, 2.45) is 5.73 Å². The van der Waals surface area contributed by atoms with Crippen LogP contribution in [-0.2, 0) is 11.2 Å². The van der Waals surface area contributed by atoms with Crippen LogP contribution in [0.3, 0.4) is 0 Å². The average Bonchev–Trinajstić information content (AvgIpc) is 2.30. The molecule has 0 radical (unpaired) electrons. The van der Waals surface area contributed by atoms with Crippen LogP contribution in [0.4, 0.5) is 0 Å². The van der Waals surface area contributed by atoms with E-state index in [4.69, 9.17) is 22.4 Å². The van der Waals surface area contributed by atoms with Crippen molar-refractivity contribution in [2.45, 2.75) is 12.5 Å². The number of carboxylic acids is 1. The number of aliphatic carboxylic acids is 1. The molecule has 0 aliphatic carbocycles. The summed E-state index contributed by atoms with van der Waals surface area (Å²) in [6.45, 7) is 0. The van der Waals surface area contributed by atoms with Crippen LogP contribution in [0.2, 0.25) is 5.02 Å². The van der Waals surface area contributed by atoms with E-state index < -0.39 is 12.0 Å². The number of nitrogens with zero attached hydrogens (tertiary/aromatic N) is 1. The van der Waals surface area contributed by atoms with E-state index in [0.29, 0.717) is 10.5 Å². The molecule has 17 heavy (non-hydrogen) atoms. The van der Waals surface area contributed by atoms with Crippen LogP contribution >= 0.6 is 11.6 Å². The van der Waals surface area contributed by atoms with Crippen LogP contribution < -0.4 is 5.73 Å². The third-order valence-electron chi connectivity index (χ3n) is 2.57. The minimum atomic E-state index is -1.02. The third kappa shape index (κ3) is 2.38. The van der Waals surface area contributed by atoms with Gasteiger partial charge in [-0.3, -0.25) is 9.78 Å². The number of rotatable bonds is 3. The number of pyridine rings is 1. The van der Waals surface area contributed by atoms with Gasteiger partial charge in [0, 0.05) is 11.6 Å². The van der Waals surface area contributed by atoms with Crippen LogP contribution in [0.25, 0.3) is 10.9 Å². The minimum absolute atomic E-state index is 0.259. The van der Waals surface area contributed by atoms with Gasteiger partial charge in [-0.1, -0.05) is 23.7 Å². The fourth-order valence-electron chi connectivity index (χ4n) is 1.70. The van der Waals surface area contributed by atoms with E-state index in [1.807, 2.05) is 12.1 Å². The Morgan fingerprint density at radius 2 is 2.24 bits per heavy atom. The quantitative estimate of drug-likeness (QED) is 0.872. The predicted octanol–water partition coefficient (Wildman–Crippen LogP) is 1.84. The summed E-state index contributed by atoms with van der Waals surface area (Å²) in [6, 6.07) is 6.26. The Morgan fingerprint density at radius 3 is 2.94 bits per heavy atom. The maximum atomic E-state index is 10.7. The first-order valence-electron chi connectivity index (χ1n) is 5.10. The van der Waals surface area contributed by atoms with Gasteiger partial charge in [0.1, 0.15) is 6.04 Å². The summed E-state index contributed by atoms with van der Waals surface area (Å²) in [4.78, 5) is 14.9. The number of fused-ring (bicyclic) bond motifs is 1. The molecule has 1 aromatic heterocycles. The van der Waals surface area contributed by atoms with Gasteiger partial charge in [0.25, 0.3) is 0 Å². The summed E-state index contributed by atoms with van der Waals surface area (Å²) in [6.07, 6.45) is 1.87. The van der Waals surface area contributed by atoms with Gasteiger partial charge in [0.2, 0.25) is 0 Å². The predicted molar refractivity (Wildman–Crippen MR) is 66.1 cm³/mol. The first kappa shape index (κ1) is 11.8. The first-order valence-corrected chi connectivity index (χ1v) is 5.48. The number of carbonyl (C=O) groups is 1. The van der Waals surface area contributed by atoms with E-state index >= 15 is 0 Å². The summed E-state index contributed by atoms with van der Waals surface area (Å²) in [5.41, 5.74) is 7.04. The summed E-state index contributed by atoms with van der Waals surface area (Å²) in [5, 5.41) is 10.2. The molecule has 0 bridgehead atoms. The Morgan fingerprint density at radius 1 is 1.47 bits per heavy atom. The van der Waals surface area contributed by atoms with Crippen molar-refractivity contribution in [2.75, 3.05) is 0 Å². The van der Waals surface area contributed by atoms with Crippen molar-refractivity contribution in [1.82, 2.24) is 4.98 Å². The molecule has 0 aliphatic heterocycles. The second-order valence-electron chi connectivity index (χ2n) is 3.75. The maximum Gasteiger partial charge on any atom is 0.320 e. The standard InChI is InChI=1S/C12H11ClN2O2/c13-9-3-1-2-8-7(4-5-15-11(8)9)6-10(14)12(16)17/h1-5,10H,6,14H2,(H,16,17). The van der Waals surface area contributed by atoms with Gasteiger partial charge >= 0.3 is 5.97 Å². The average molecular weight is 251 g/mol. The van der Waals surface area contributed by atoms with E-state index in [0.717, 1.165) is 10.9 Å². The lowest BCUT2D eigenvalue weighted by atomic mass is 10.0. The summed E-state index contributed by atoms with van der Waals surface area (Å²) in [5.74, 6) is -1.02. The Hall–Kier alpha value is -1.65. The molecule has 5 heteroatoms. The second-order valence-corrected chi connectivity index (χ2v) is 4.16. The zero-order chi connectivity index (χ0) is 12.4. The molecule has 0 aliphatic rings. The molecule has 1 heterocycles. The van der Waals surface area contributed by atoms with Gasteiger partial charge in [-0.05, 0) is 24.1 Å². The summed E-state index contributed by atoms with van der Waals surface area (Å²) >= 11 is 6.02. The van der Waals surface area contributed by atoms with Gasteiger partial charge in [-0.2, -0.15) is 0 Å². The van der Waals surface area contributed by atoms with Gasteiger partial charge in [0.15, 0.2) is 0 Å². The van der Waals surface area contributed by atoms with Crippen LogP contribution in [0, 0.1) is 0 Å². The Balaban J connectivity index is 2.48. The van der Waals surface area contributed by atoms with E-state index in [-0.39, 0.29) is 6.42 Å². The molecular weight excluding hydrogens is 240 g/mol. The van der Waals surface area contributed by atoms with Gasteiger partial charge in [-0.15, -0.1) is 0 Å². The van der Waals surface area contributed by atoms with Crippen molar-refractivity contribution in [1.29, 1.82) is 0 Å². The van der Waals surface area contributed by atoms with E-state index in [9.17, 15) is 4.79 Å². The van der Waals surface area contributed by atoms with Crippen molar-refractivity contribution in [3.63, 3.8) is 0 Å². The highest BCUT2D eigenvalue weighted by molar-refractivity contribution is 6.35. The lowest BCUT2D eigenvalue weighted by Gasteiger charge is -2.09. The van der Waals surface area contributed by atoms with Gasteiger partial charge in [0.05, 0.1) is 10.5 Å². The normalized spacial score (nSPS) is 12.6. The van der Waals surface area contributed by atoms with Crippen molar-refractivity contribution >= 4 is 28.5 Å². The van der Waals surface area contributed by atoms with Crippen LogP contribution in [0.5, 0.6) is 0 Å². The summed E-state index contributed by atoms with van der Waals surface area (Å²) < 4.78 is 0. The number of aromatic nitrogens is 1. The molecule has 0 saturated heterocycles. The number of hydrogen-bond donors (Lipinski definition) is 2. The second kappa shape index (κ2) is 4.69. The van der Waals surface area contributed by atoms with E-state index in [2.05, 4.69) is 4.98 Å². The van der Waals surface area contributed by atoms with Crippen LogP contribution in [-0.4, -0.2) is 22.1 Å². The highest BCUT2D eigenvalue weighted by Crippen LogP contribution is 2.24. The van der Waals surface area contributed by atoms with E-state index in [1.165, 1.54) is 0 Å². The molecule has 0 spiro atoms. The molecular formula is C12H11ClN2O2. The first-order chi connectivity index (χ1) is 8.09. The van der Waals surface area contributed by atoms with Crippen LogP contribution in [0.1, 0.15) is 5.56 Å². The zero-order valence-electron chi connectivity index (χ0n) is 8.93. The molecule has 88 valence electrons. The molecule has 1 atom stereocenters. The SMILES string of the molecule is NC(Cc1ccnc2c(Cl)cccc12)C(=O)O. The fraction of sp³-hybridized carbons (Fsp3) is 0.167. The molecule has 3 N–H and O–H groups in total. The van der Waals surface area contributed by atoms with Gasteiger partial charge < -0.3 is 10.8 Å². The summed E-state index contributed by atoms with van der Waals surface area (Å²) in [7, 11) is 0. The third-order valence-corrected chi connectivity index (χ3v) is 2.87. The lowest BCUT2D eigenvalue weighted by molar-refractivity contribution is -0.138. The van der Waals surface area contributed by atoms with Crippen molar-refractivity contribution in [3.8, 4) is 0 Å². The smallest absolute Gasteiger partial charge is 0.320 e. The van der Waals surface area contributed by atoms with Gasteiger partial charge in [-0.25, -0.2) is 0 Å². The largest absolute Gasteiger partial charge is 0.480 e. The number of hydrogen-bond acceptors (Lipinski definition) is 3. The Bertz CT molecular complexity index is 571. The molecule has 4 nitrogen and oxygen atoms in total. The monoisotopic (exact) mass is 250 g/mol. The number of para-hydroxylation sites is 1. The Labute approximate surface area is 103 Å². The minimum Gasteiger partial charge on any atom is -0.480 e. The number of nitrogens with two attached hydrogens (primary N) is 1. The van der Waals surface area contributed by atoms with Crippen molar-refractivity contribution < 1.29 is 9.90 Å². The van der Waals surface area contributed by atoms with E-state index in [1.54, 1.807) is 18.3 Å². The zero-order valence-corrected chi connectivity index (χ0v) is 9.69. The molecule has 2 rings (SSSR count). The van der Waals surface area contributed by atoms with Crippen molar-refractivity contribution in [3.05, 3.63) is 41.0 Å². The molecule has 0 amide bonds. The topological polar surface area (TPSA) is 76.2 Å². The highest BCUT2D eigenvalue weighted by Gasteiger charge is 2.14. The Kier molecular flexibility index (Phi) is 3.26. The number of halogens is 1. The molecule has 1 aromatic carbocycles. The highest BCUT2D eigenvalue weighted by atomic mass is 35.5. The molecule has 2 aromatic rings. The number of carboxylic acid groups (broad SMARTS) is 1. The molecule has 1 unspecified atom stereocenters.